The minimum Gasteiger partial charge on any atom is -0.489 e. The van der Waals surface area contributed by atoms with Crippen molar-refractivity contribution in [1.29, 1.82) is 0 Å². The normalized spacial score (nSPS) is 11.1. The lowest BCUT2D eigenvalue weighted by Crippen LogP contribution is -2.13. The molecule has 0 atom stereocenters. The first-order valence-electron chi connectivity index (χ1n) is 6.27. The number of hydrogen-bond acceptors (Lipinski definition) is 5. The summed E-state index contributed by atoms with van der Waals surface area (Å²) in [6, 6.07) is 16.5. The predicted molar refractivity (Wildman–Crippen MR) is 78.6 cm³/mol. The van der Waals surface area contributed by atoms with Crippen LogP contribution in [0, 0.1) is 0 Å². The molecule has 0 saturated heterocycles. The molecular weight excluding hydrogens is 292 g/mol. The molecule has 0 aliphatic heterocycles. The van der Waals surface area contributed by atoms with Crippen LogP contribution in [0.5, 0.6) is 11.5 Å². The standard InChI is InChI=1S/C15H16O5S/c1-18-21(16,17)12-20-15-9-7-14(8-10-15)19-11-13-5-3-2-4-6-13/h2-10H,11-12H2,1H3. The summed E-state index contributed by atoms with van der Waals surface area (Å²) < 4.78 is 37.3. The van der Waals surface area contributed by atoms with Gasteiger partial charge >= 0.3 is 10.1 Å². The zero-order chi connectivity index (χ0) is 15.1. The minimum atomic E-state index is -3.63. The zero-order valence-corrected chi connectivity index (χ0v) is 12.4. The van der Waals surface area contributed by atoms with E-state index in [9.17, 15) is 8.42 Å². The van der Waals surface area contributed by atoms with E-state index in [4.69, 9.17) is 9.47 Å². The molecule has 0 aliphatic carbocycles. The fraction of sp³-hybridized carbons (Fsp3) is 0.200. The Balaban J connectivity index is 1.87. The molecule has 0 bridgehead atoms. The number of rotatable bonds is 7. The summed E-state index contributed by atoms with van der Waals surface area (Å²) in [5.74, 6) is 0.594. The third kappa shape index (κ3) is 5.09. The van der Waals surface area contributed by atoms with Crippen LogP contribution in [-0.4, -0.2) is 21.5 Å². The monoisotopic (exact) mass is 308 g/mol. The molecule has 0 aliphatic rings. The second kappa shape index (κ2) is 7.10. The highest BCUT2D eigenvalue weighted by molar-refractivity contribution is 7.86. The average Bonchev–Trinajstić information content (AvgIpc) is 2.53. The predicted octanol–water partition coefficient (Wildman–Crippen LogP) is 2.58. The molecule has 6 heteroatoms. The van der Waals surface area contributed by atoms with Gasteiger partial charge in [0.05, 0.1) is 7.11 Å². The highest BCUT2D eigenvalue weighted by Crippen LogP contribution is 2.19. The Morgan fingerprint density at radius 2 is 1.43 bits per heavy atom. The molecule has 2 aromatic carbocycles. The van der Waals surface area contributed by atoms with Gasteiger partial charge in [0.1, 0.15) is 18.1 Å². The summed E-state index contributed by atoms with van der Waals surface area (Å²) in [6.45, 7) is 0.471. The molecule has 0 spiro atoms. The van der Waals surface area contributed by atoms with Crippen molar-refractivity contribution in [2.75, 3.05) is 13.0 Å². The molecule has 0 saturated carbocycles. The van der Waals surface area contributed by atoms with Crippen LogP contribution in [0.4, 0.5) is 0 Å². The third-order valence-corrected chi connectivity index (χ3v) is 3.61. The lowest BCUT2D eigenvalue weighted by molar-refractivity contribution is 0.304. The molecule has 0 unspecified atom stereocenters. The SMILES string of the molecule is COS(=O)(=O)COc1ccc(OCc2ccccc2)cc1. The van der Waals surface area contributed by atoms with E-state index in [1.54, 1.807) is 24.3 Å². The number of ether oxygens (including phenoxy) is 2. The van der Waals surface area contributed by atoms with Crippen LogP contribution < -0.4 is 9.47 Å². The molecular formula is C15H16O5S. The van der Waals surface area contributed by atoms with Gasteiger partial charge in [-0.1, -0.05) is 30.3 Å². The van der Waals surface area contributed by atoms with E-state index in [0.29, 0.717) is 18.1 Å². The lowest BCUT2D eigenvalue weighted by atomic mass is 10.2. The van der Waals surface area contributed by atoms with Crippen molar-refractivity contribution in [3.8, 4) is 11.5 Å². The molecule has 5 nitrogen and oxygen atoms in total. The topological polar surface area (TPSA) is 61.8 Å². The van der Waals surface area contributed by atoms with Crippen LogP contribution in [0.2, 0.25) is 0 Å². The Kier molecular flexibility index (Phi) is 5.19. The first-order valence-corrected chi connectivity index (χ1v) is 7.85. The van der Waals surface area contributed by atoms with Crippen LogP contribution in [0.3, 0.4) is 0 Å². The molecule has 0 aromatic heterocycles. The van der Waals surface area contributed by atoms with Crippen molar-refractivity contribution < 1.29 is 22.1 Å². The molecule has 2 aromatic rings. The van der Waals surface area contributed by atoms with Crippen molar-refractivity contribution >= 4 is 10.1 Å². The first kappa shape index (κ1) is 15.3. The summed E-state index contributed by atoms with van der Waals surface area (Å²) in [5.41, 5.74) is 1.07. The summed E-state index contributed by atoms with van der Waals surface area (Å²) in [5, 5.41) is 0. The second-order valence-electron chi connectivity index (χ2n) is 4.23. The van der Waals surface area contributed by atoms with Crippen molar-refractivity contribution in [1.82, 2.24) is 0 Å². The van der Waals surface area contributed by atoms with Gasteiger partial charge in [-0.15, -0.1) is 0 Å². The Morgan fingerprint density at radius 1 is 0.857 bits per heavy atom. The molecule has 0 radical (unpaired) electrons. The van der Waals surface area contributed by atoms with Gasteiger partial charge < -0.3 is 9.47 Å². The fourth-order valence-corrected chi connectivity index (χ4v) is 1.94. The van der Waals surface area contributed by atoms with E-state index >= 15 is 0 Å². The largest absolute Gasteiger partial charge is 0.489 e. The summed E-state index contributed by atoms with van der Waals surface area (Å²) >= 11 is 0. The summed E-state index contributed by atoms with van der Waals surface area (Å²) in [4.78, 5) is 0. The highest BCUT2D eigenvalue weighted by Gasteiger charge is 2.09. The molecule has 0 fully saturated rings. The van der Waals surface area contributed by atoms with Gasteiger partial charge in [-0.2, -0.15) is 8.42 Å². The third-order valence-electron chi connectivity index (χ3n) is 2.70. The maximum absolute atomic E-state index is 11.1. The van der Waals surface area contributed by atoms with Crippen molar-refractivity contribution in [2.24, 2.45) is 0 Å². The van der Waals surface area contributed by atoms with Crippen LogP contribution >= 0.6 is 0 Å². The molecule has 21 heavy (non-hydrogen) atoms. The molecule has 112 valence electrons. The van der Waals surface area contributed by atoms with Gasteiger partial charge in [0, 0.05) is 0 Å². The van der Waals surface area contributed by atoms with E-state index < -0.39 is 16.1 Å². The van der Waals surface area contributed by atoms with Crippen molar-refractivity contribution in [3.63, 3.8) is 0 Å². The Hall–Kier alpha value is -2.05. The van der Waals surface area contributed by atoms with Gasteiger partial charge in [-0.05, 0) is 29.8 Å². The second-order valence-corrected chi connectivity index (χ2v) is 5.92. The van der Waals surface area contributed by atoms with E-state index in [0.717, 1.165) is 12.7 Å². The van der Waals surface area contributed by atoms with Crippen LogP contribution in [0.1, 0.15) is 5.56 Å². The van der Waals surface area contributed by atoms with Gasteiger partial charge in [0.25, 0.3) is 0 Å². The molecule has 0 heterocycles. The van der Waals surface area contributed by atoms with Crippen molar-refractivity contribution in [3.05, 3.63) is 60.2 Å². The van der Waals surface area contributed by atoms with E-state index in [-0.39, 0.29) is 0 Å². The zero-order valence-electron chi connectivity index (χ0n) is 11.6. The average molecular weight is 308 g/mol. The van der Waals surface area contributed by atoms with Crippen LogP contribution in [0.15, 0.2) is 54.6 Å². The minimum absolute atomic E-state index is 0.433. The number of benzene rings is 2. The van der Waals surface area contributed by atoms with E-state index in [1.165, 1.54) is 0 Å². The lowest BCUT2D eigenvalue weighted by Gasteiger charge is -2.08. The van der Waals surface area contributed by atoms with Gasteiger partial charge in [0.15, 0.2) is 0 Å². The van der Waals surface area contributed by atoms with Crippen molar-refractivity contribution in [2.45, 2.75) is 6.61 Å². The fourth-order valence-electron chi connectivity index (χ4n) is 1.56. The maximum atomic E-state index is 11.1. The van der Waals surface area contributed by atoms with E-state index in [1.807, 2.05) is 30.3 Å². The first-order chi connectivity index (χ1) is 10.1. The van der Waals surface area contributed by atoms with Gasteiger partial charge in [-0.25, -0.2) is 0 Å². The van der Waals surface area contributed by atoms with E-state index in [2.05, 4.69) is 4.18 Å². The smallest absolute Gasteiger partial charge is 0.302 e. The Bertz CT molecular complexity index is 650. The Labute approximate surface area is 124 Å². The summed E-state index contributed by atoms with van der Waals surface area (Å²) in [6.07, 6.45) is 0. The maximum Gasteiger partial charge on any atom is 0.302 e. The van der Waals surface area contributed by atoms with Crippen LogP contribution in [-0.2, 0) is 20.9 Å². The summed E-state index contributed by atoms with van der Waals surface area (Å²) in [7, 11) is -2.53. The van der Waals surface area contributed by atoms with Gasteiger partial charge in [0.2, 0.25) is 5.94 Å². The van der Waals surface area contributed by atoms with Gasteiger partial charge in [-0.3, -0.25) is 4.18 Å². The quantitative estimate of drug-likeness (QED) is 0.736. The molecule has 0 amide bonds. The Morgan fingerprint density at radius 3 is 2.00 bits per heavy atom. The molecule has 0 N–H and O–H groups in total. The number of hydrogen-bond donors (Lipinski definition) is 0. The van der Waals surface area contributed by atoms with Crippen LogP contribution in [0.25, 0.3) is 0 Å². The highest BCUT2D eigenvalue weighted by atomic mass is 32.2. The molecule has 2 rings (SSSR count).